The van der Waals surface area contributed by atoms with Crippen molar-refractivity contribution in [1.29, 1.82) is 0 Å². The summed E-state index contributed by atoms with van der Waals surface area (Å²) < 4.78 is 0. The Labute approximate surface area is 128 Å². The second kappa shape index (κ2) is 5.48. The predicted molar refractivity (Wildman–Crippen MR) is 82.6 cm³/mol. The highest BCUT2D eigenvalue weighted by molar-refractivity contribution is 6.31. The number of hydrogen-bond acceptors (Lipinski definition) is 3. The van der Waals surface area contributed by atoms with Gasteiger partial charge in [-0.2, -0.15) is 0 Å². The normalized spacial score (nSPS) is 13.9. The van der Waals surface area contributed by atoms with Crippen LogP contribution in [-0.2, 0) is 13.1 Å². The van der Waals surface area contributed by atoms with Gasteiger partial charge in [0.2, 0.25) is 0 Å². The first kappa shape index (κ1) is 14.1. The zero-order valence-electron chi connectivity index (χ0n) is 11.4. The van der Waals surface area contributed by atoms with Crippen LogP contribution in [0.15, 0.2) is 42.5 Å². The van der Waals surface area contributed by atoms with E-state index in [4.69, 9.17) is 23.1 Å². The number of halogens is 1. The lowest BCUT2D eigenvalue weighted by Crippen LogP contribution is -2.23. The average Bonchev–Trinajstić information content (AvgIpc) is 2.77. The van der Waals surface area contributed by atoms with Gasteiger partial charge in [0.15, 0.2) is 0 Å². The van der Waals surface area contributed by atoms with Crippen molar-refractivity contribution < 1.29 is 4.79 Å². The van der Waals surface area contributed by atoms with Crippen LogP contribution in [0.25, 0.3) is 0 Å². The van der Waals surface area contributed by atoms with Crippen molar-refractivity contribution in [3.8, 4) is 0 Å². The van der Waals surface area contributed by atoms with E-state index in [2.05, 4.69) is 0 Å². The maximum atomic E-state index is 12.5. The Morgan fingerprint density at radius 1 is 1.19 bits per heavy atom. The van der Waals surface area contributed by atoms with Crippen LogP contribution >= 0.6 is 11.6 Å². The fourth-order valence-electron chi connectivity index (χ4n) is 2.55. The van der Waals surface area contributed by atoms with E-state index < -0.39 is 6.17 Å². The predicted octanol–water partition coefficient (Wildman–Crippen LogP) is 2.41. The number of fused-ring (bicyclic) bond motifs is 1. The molecule has 1 aliphatic rings. The van der Waals surface area contributed by atoms with E-state index >= 15 is 0 Å². The minimum atomic E-state index is -0.569. The van der Waals surface area contributed by atoms with Crippen LogP contribution < -0.4 is 11.5 Å². The molecule has 1 aliphatic heterocycles. The number of amides is 1. The smallest absolute Gasteiger partial charge is 0.254 e. The number of carbonyl (C=O) groups excluding carboxylic acids is 1. The highest BCUT2D eigenvalue weighted by Gasteiger charge is 2.28. The summed E-state index contributed by atoms with van der Waals surface area (Å²) in [6, 6.07) is 13.1. The molecule has 0 saturated heterocycles. The van der Waals surface area contributed by atoms with Crippen molar-refractivity contribution in [1.82, 2.24) is 4.90 Å². The Bertz CT molecular complexity index is 700. The minimum Gasteiger partial charge on any atom is -0.330 e. The monoisotopic (exact) mass is 301 g/mol. The highest BCUT2D eigenvalue weighted by Crippen LogP contribution is 2.27. The molecule has 1 amide bonds. The van der Waals surface area contributed by atoms with Crippen LogP contribution in [0.1, 0.15) is 33.2 Å². The molecular weight excluding hydrogens is 286 g/mol. The molecule has 0 aliphatic carbocycles. The molecule has 1 heterocycles. The van der Waals surface area contributed by atoms with Gasteiger partial charge in [0.05, 0.1) is 6.17 Å². The third kappa shape index (κ3) is 2.65. The van der Waals surface area contributed by atoms with E-state index in [1.54, 1.807) is 11.0 Å². The van der Waals surface area contributed by atoms with Crippen molar-refractivity contribution in [2.24, 2.45) is 11.5 Å². The standard InChI is InChI=1S/C16H16ClN3O/c17-14-4-2-1-3-12(14)9-20-8-11-6-5-10(15(18)19)7-13(11)16(20)21/h1-7,15H,8-9,18-19H2. The van der Waals surface area contributed by atoms with Gasteiger partial charge in [-0.3, -0.25) is 4.79 Å². The lowest BCUT2D eigenvalue weighted by atomic mass is 10.0. The van der Waals surface area contributed by atoms with Crippen LogP contribution in [0.3, 0.4) is 0 Å². The van der Waals surface area contributed by atoms with Crippen LogP contribution in [0, 0.1) is 0 Å². The zero-order chi connectivity index (χ0) is 15.0. The van der Waals surface area contributed by atoms with Crippen molar-refractivity contribution in [2.75, 3.05) is 0 Å². The number of carbonyl (C=O) groups is 1. The van der Waals surface area contributed by atoms with Crippen molar-refractivity contribution in [3.63, 3.8) is 0 Å². The minimum absolute atomic E-state index is 0.00702. The molecule has 4 N–H and O–H groups in total. The van der Waals surface area contributed by atoms with Crippen LogP contribution in [-0.4, -0.2) is 10.8 Å². The van der Waals surface area contributed by atoms with Gasteiger partial charge in [0, 0.05) is 23.7 Å². The maximum absolute atomic E-state index is 12.5. The number of hydrogen-bond donors (Lipinski definition) is 2. The molecule has 0 unspecified atom stereocenters. The van der Waals surface area contributed by atoms with E-state index in [1.165, 1.54) is 0 Å². The lowest BCUT2D eigenvalue weighted by Gasteiger charge is -2.16. The SMILES string of the molecule is NC(N)c1ccc2c(c1)C(=O)N(Cc1ccccc1Cl)C2. The van der Waals surface area contributed by atoms with Gasteiger partial charge in [-0.1, -0.05) is 41.9 Å². The third-order valence-electron chi connectivity index (χ3n) is 3.72. The Kier molecular flexibility index (Phi) is 3.68. The van der Waals surface area contributed by atoms with Gasteiger partial charge < -0.3 is 16.4 Å². The summed E-state index contributed by atoms with van der Waals surface area (Å²) in [7, 11) is 0. The summed E-state index contributed by atoms with van der Waals surface area (Å²) in [6.07, 6.45) is -0.569. The third-order valence-corrected chi connectivity index (χ3v) is 4.09. The number of nitrogens with two attached hydrogens (primary N) is 2. The molecule has 108 valence electrons. The van der Waals surface area contributed by atoms with E-state index in [0.717, 1.165) is 16.7 Å². The van der Waals surface area contributed by atoms with Crippen molar-refractivity contribution >= 4 is 17.5 Å². The topological polar surface area (TPSA) is 72.3 Å². The summed E-state index contributed by atoms with van der Waals surface area (Å²) in [4.78, 5) is 14.3. The first-order valence-corrected chi connectivity index (χ1v) is 7.10. The Morgan fingerprint density at radius 3 is 2.67 bits per heavy atom. The van der Waals surface area contributed by atoms with Crippen molar-refractivity contribution in [3.05, 3.63) is 69.7 Å². The quantitative estimate of drug-likeness (QED) is 0.855. The van der Waals surface area contributed by atoms with Gasteiger partial charge in [-0.25, -0.2) is 0 Å². The molecule has 4 nitrogen and oxygen atoms in total. The van der Waals surface area contributed by atoms with Gasteiger partial charge in [-0.15, -0.1) is 0 Å². The second-order valence-electron chi connectivity index (χ2n) is 5.19. The molecule has 0 spiro atoms. The summed E-state index contributed by atoms with van der Waals surface area (Å²) in [5.41, 5.74) is 14.7. The molecule has 2 aromatic carbocycles. The van der Waals surface area contributed by atoms with Gasteiger partial charge in [0.1, 0.15) is 0 Å². The van der Waals surface area contributed by atoms with Crippen LogP contribution in [0.2, 0.25) is 5.02 Å². The first-order valence-electron chi connectivity index (χ1n) is 6.73. The lowest BCUT2D eigenvalue weighted by molar-refractivity contribution is 0.0766. The van der Waals surface area contributed by atoms with Crippen LogP contribution in [0.4, 0.5) is 0 Å². The van der Waals surface area contributed by atoms with Gasteiger partial charge in [-0.05, 0) is 28.8 Å². The number of rotatable bonds is 3. The fourth-order valence-corrected chi connectivity index (χ4v) is 2.74. The van der Waals surface area contributed by atoms with Gasteiger partial charge >= 0.3 is 0 Å². The summed E-state index contributed by atoms with van der Waals surface area (Å²) in [6.45, 7) is 1.08. The zero-order valence-corrected chi connectivity index (χ0v) is 12.2. The average molecular weight is 302 g/mol. The molecule has 0 atom stereocenters. The first-order chi connectivity index (χ1) is 10.1. The molecule has 0 bridgehead atoms. The molecule has 0 aromatic heterocycles. The summed E-state index contributed by atoms with van der Waals surface area (Å²) in [5, 5.41) is 0.672. The second-order valence-corrected chi connectivity index (χ2v) is 5.60. The molecule has 0 saturated carbocycles. The van der Waals surface area contributed by atoms with E-state index in [0.29, 0.717) is 23.7 Å². The maximum Gasteiger partial charge on any atom is 0.254 e. The van der Waals surface area contributed by atoms with E-state index in [-0.39, 0.29) is 5.91 Å². The summed E-state index contributed by atoms with van der Waals surface area (Å²) >= 11 is 6.16. The summed E-state index contributed by atoms with van der Waals surface area (Å²) in [5.74, 6) is -0.00702. The van der Waals surface area contributed by atoms with Crippen molar-refractivity contribution in [2.45, 2.75) is 19.3 Å². The molecule has 3 rings (SSSR count). The highest BCUT2D eigenvalue weighted by atomic mass is 35.5. The molecule has 0 radical (unpaired) electrons. The number of nitrogens with zero attached hydrogens (tertiary/aromatic N) is 1. The Morgan fingerprint density at radius 2 is 1.95 bits per heavy atom. The molecular formula is C16H16ClN3O. The van der Waals surface area contributed by atoms with Gasteiger partial charge in [0.25, 0.3) is 5.91 Å². The molecule has 2 aromatic rings. The van der Waals surface area contributed by atoms with Crippen LogP contribution in [0.5, 0.6) is 0 Å². The molecule has 21 heavy (non-hydrogen) atoms. The van der Waals surface area contributed by atoms with E-state index in [9.17, 15) is 4.79 Å². The largest absolute Gasteiger partial charge is 0.330 e. The number of benzene rings is 2. The molecule has 5 heteroatoms. The fraction of sp³-hybridized carbons (Fsp3) is 0.188. The Hall–Kier alpha value is -1.88. The van der Waals surface area contributed by atoms with E-state index in [1.807, 2.05) is 36.4 Å². The molecule has 0 fully saturated rings. The Balaban J connectivity index is 1.85.